The molecule has 2 rings (SSSR count). The first-order chi connectivity index (χ1) is 7.63. The van der Waals surface area contributed by atoms with Crippen LogP contribution in [0.5, 0.6) is 0 Å². The van der Waals surface area contributed by atoms with Crippen molar-refractivity contribution in [2.24, 2.45) is 7.05 Å². The first-order valence-corrected chi connectivity index (χ1v) is 5.75. The normalized spacial score (nSPS) is 10.8. The van der Waals surface area contributed by atoms with Crippen molar-refractivity contribution in [3.63, 3.8) is 0 Å². The molecule has 2 aromatic rings. The molecule has 0 bridgehead atoms. The zero-order chi connectivity index (χ0) is 11.7. The Labute approximate surface area is 104 Å². The topological polar surface area (TPSA) is 30.7 Å². The minimum atomic E-state index is 0.340. The lowest BCUT2D eigenvalue weighted by Gasteiger charge is -2.05. The van der Waals surface area contributed by atoms with Crippen LogP contribution in [0.2, 0.25) is 5.02 Å². The number of nitrogens with zero attached hydrogens (tertiary/aromatic N) is 3. The van der Waals surface area contributed by atoms with Gasteiger partial charge in [0.2, 0.25) is 0 Å². The van der Waals surface area contributed by atoms with Gasteiger partial charge in [0.05, 0.1) is 10.9 Å². The maximum atomic E-state index is 6.17. The number of aromatic nitrogens is 3. The summed E-state index contributed by atoms with van der Waals surface area (Å²) >= 11 is 11.9. The lowest BCUT2D eigenvalue weighted by Crippen LogP contribution is -1.97. The first kappa shape index (κ1) is 11.4. The molecule has 1 aromatic carbocycles. The van der Waals surface area contributed by atoms with Crippen LogP contribution in [0.1, 0.15) is 11.4 Å². The molecule has 0 radical (unpaired) electrons. The van der Waals surface area contributed by atoms with Crippen molar-refractivity contribution < 1.29 is 0 Å². The fourth-order valence-corrected chi connectivity index (χ4v) is 2.07. The molecule has 0 aliphatic rings. The number of rotatable bonds is 2. The van der Waals surface area contributed by atoms with Gasteiger partial charge in [0.25, 0.3) is 0 Å². The number of benzene rings is 1. The highest BCUT2D eigenvalue weighted by atomic mass is 35.5. The largest absolute Gasteiger partial charge is 0.313 e. The SMILES string of the molecule is Cc1ccc(-c2nnc(CCl)n2C)c(Cl)c1. The molecule has 0 atom stereocenters. The Bertz CT molecular complexity index is 520. The Hall–Kier alpha value is -1.06. The van der Waals surface area contributed by atoms with Gasteiger partial charge in [-0.15, -0.1) is 21.8 Å². The summed E-state index contributed by atoms with van der Waals surface area (Å²) in [7, 11) is 1.88. The zero-order valence-electron chi connectivity index (χ0n) is 9.04. The van der Waals surface area contributed by atoms with Crippen LogP contribution in [-0.2, 0) is 12.9 Å². The minimum absolute atomic E-state index is 0.340. The van der Waals surface area contributed by atoms with E-state index in [4.69, 9.17) is 23.2 Å². The van der Waals surface area contributed by atoms with E-state index in [2.05, 4.69) is 10.2 Å². The highest BCUT2D eigenvalue weighted by Crippen LogP contribution is 2.27. The van der Waals surface area contributed by atoms with Gasteiger partial charge in [-0.2, -0.15) is 0 Å². The summed E-state index contributed by atoms with van der Waals surface area (Å²) in [4.78, 5) is 0. The van der Waals surface area contributed by atoms with E-state index in [9.17, 15) is 0 Å². The summed E-state index contributed by atoms with van der Waals surface area (Å²) in [5, 5.41) is 8.77. The van der Waals surface area contributed by atoms with E-state index < -0.39 is 0 Å². The van der Waals surface area contributed by atoms with Gasteiger partial charge in [-0.1, -0.05) is 17.7 Å². The van der Waals surface area contributed by atoms with Gasteiger partial charge < -0.3 is 4.57 Å². The summed E-state index contributed by atoms with van der Waals surface area (Å²) < 4.78 is 1.85. The molecular formula is C11H11Cl2N3. The Morgan fingerprint density at radius 2 is 2.06 bits per heavy atom. The van der Waals surface area contributed by atoms with Gasteiger partial charge in [0.1, 0.15) is 5.82 Å². The van der Waals surface area contributed by atoms with Crippen LogP contribution in [0.4, 0.5) is 0 Å². The second kappa shape index (κ2) is 4.44. The molecule has 3 nitrogen and oxygen atoms in total. The smallest absolute Gasteiger partial charge is 0.165 e. The Morgan fingerprint density at radius 3 is 2.62 bits per heavy atom. The third-order valence-electron chi connectivity index (χ3n) is 2.45. The van der Waals surface area contributed by atoms with E-state index in [1.54, 1.807) is 0 Å². The molecule has 0 saturated heterocycles. The second-order valence-corrected chi connectivity index (χ2v) is 4.29. The summed E-state index contributed by atoms with van der Waals surface area (Å²) in [5.41, 5.74) is 1.99. The van der Waals surface area contributed by atoms with Gasteiger partial charge in [0, 0.05) is 12.6 Å². The Kier molecular flexibility index (Phi) is 3.17. The van der Waals surface area contributed by atoms with Crippen LogP contribution in [0.15, 0.2) is 18.2 Å². The molecule has 0 fully saturated rings. The molecule has 0 aliphatic carbocycles. The molecule has 1 aromatic heterocycles. The molecule has 0 saturated carbocycles. The second-order valence-electron chi connectivity index (χ2n) is 3.62. The van der Waals surface area contributed by atoms with Gasteiger partial charge in [-0.3, -0.25) is 0 Å². The molecular weight excluding hydrogens is 245 g/mol. The zero-order valence-corrected chi connectivity index (χ0v) is 10.5. The number of alkyl halides is 1. The Balaban J connectivity index is 2.54. The van der Waals surface area contributed by atoms with E-state index in [1.165, 1.54) is 0 Å². The van der Waals surface area contributed by atoms with Crippen LogP contribution >= 0.6 is 23.2 Å². The lowest BCUT2D eigenvalue weighted by atomic mass is 10.1. The first-order valence-electron chi connectivity index (χ1n) is 4.84. The summed E-state index contributed by atoms with van der Waals surface area (Å²) in [5.74, 6) is 1.81. The molecule has 16 heavy (non-hydrogen) atoms. The van der Waals surface area contributed by atoms with Crippen molar-refractivity contribution in [1.82, 2.24) is 14.8 Å². The predicted molar refractivity (Wildman–Crippen MR) is 65.7 cm³/mol. The quantitative estimate of drug-likeness (QED) is 0.772. The number of hydrogen-bond acceptors (Lipinski definition) is 2. The summed E-state index contributed by atoms with van der Waals surface area (Å²) in [6, 6.07) is 5.85. The molecule has 0 N–H and O–H groups in total. The molecule has 0 aliphatic heterocycles. The standard InChI is InChI=1S/C11H11Cl2N3/c1-7-3-4-8(9(13)5-7)11-15-14-10(6-12)16(11)2/h3-5H,6H2,1-2H3. The summed E-state index contributed by atoms with van der Waals surface area (Å²) in [6.07, 6.45) is 0. The van der Waals surface area contributed by atoms with Crippen LogP contribution in [0, 0.1) is 6.92 Å². The molecule has 1 heterocycles. The fourth-order valence-electron chi connectivity index (χ4n) is 1.51. The average molecular weight is 256 g/mol. The minimum Gasteiger partial charge on any atom is -0.313 e. The lowest BCUT2D eigenvalue weighted by molar-refractivity contribution is 0.853. The Morgan fingerprint density at radius 1 is 1.31 bits per heavy atom. The van der Waals surface area contributed by atoms with Crippen LogP contribution < -0.4 is 0 Å². The number of hydrogen-bond donors (Lipinski definition) is 0. The fraction of sp³-hybridized carbons (Fsp3) is 0.273. The van der Waals surface area contributed by atoms with Crippen LogP contribution in [0.3, 0.4) is 0 Å². The van der Waals surface area contributed by atoms with E-state index in [0.29, 0.717) is 10.9 Å². The van der Waals surface area contributed by atoms with Crippen molar-refractivity contribution in [1.29, 1.82) is 0 Å². The van der Waals surface area contributed by atoms with Crippen molar-refractivity contribution in [3.8, 4) is 11.4 Å². The third-order valence-corrected chi connectivity index (χ3v) is 3.00. The van der Waals surface area contributed by atoms with E-state index in [0.717, 1.165) is 22.8 Å². The molecule has 0 amide bonds. The third kappa shape index (κ3) is 1.93. The maximum Gasteiger partial charge on any atom is 0.165 e. The highest BCUT2D eigenvalue weighted by molar-refractivity contribution is 6.33. The van der Waals surface area contributed by atoms with E-state index in [-0.39, 0.29) is 0 Å². The molecule has 0 spiro atoms. The van der Waals surface area contributed by atoms with Crippen molar-refractivity contribution >= 4 is 23.2 Å². The van der Waals surface area contributed by atoms with Gasteiger partial charge >= 0.3 is 0 Å². The van der Waals surface area contributed by atoms with Crippen molar-refractivity contribution in [2.45, 2.75) is 12.8 Å². The predicted octanol–water partition coefficient (Wildman–Crippen LogP) is 3.18. The van der Waals surface area contributed by atoms with Crippen molar-refractivity contribution in [2.75, 3.05) is 0 Å². The molecule has 5 heteroatoms. The monoisotopic (exact) mass is 255 g/mol. The average Bonchev–Trinajstić information content (AvgIpc) is 2.60. The van der Waals surface area contributed by atoms with E-state index in [1.807, 2.05) is 36.7 Å². The van der Waals surface area contributed by atoms with Gasteiger partial charge in [-0.25, -0.2) is 0 Å². The maximum absolute atomic E-state index is 6.17. The molecule has 84 valence electrons. The van der Waals surface area contributed by atoms with Crippen molar-refractivity contribution in [3.05, 3.63) is 34.6 Å². The van der Waals surface area contributed by atoms with Crippen LogP contribution in [0.25, 0.3) is 11.4 Å². The number of aryl methyl sites for hydroxylation is 1. The number of halogens is 2. The van der Waals surface area contributed by atoms with Gasteiger partial charge in [0.15, 0.2) is 5.82 Å². The van der Waals surface area contributed by atoms with E-state index >= 15 is 0 Å². The van der Waals surface area contributed by atoms with Gasteiger partial charge in [-0.05, 0) is 24.6 Å². The van der Waals surface area contributed by atoms with Crippen LogP contribution in [-0.4, -0.2) is 14.8 Å². The highest BCUT2D eigenvalue weighted by Gasteiger charge is 2.12. The molecule has 0 unspecified atom stereocenters. The summed E-state index contributed by atoms with van der Waals surface area (Å²) in [6.45, 7) is 2.00.